The second-order valence-corrected chi connectivity index (χ2v) is 6.19. The molecule has 0 amide bonds. The van der Waals surface area contributed by atoms with Crippen molar-refractivity contribution < 1.29 is 17.9 Å². The Balaban J connectivity index is 2.19. The number of benzene rings is 2. The SMILES string of the molecule is Cc1ccc(NCc2ccc(O)c(F)c2)cc1S(N)(=O)=O. The van der Waals surface area contributed by atoms with Crippen LogP contribution in [0.15, 0.2) is 41.3 Å². The number of anilines is 1. The molecule has 0 bridgehead atoms. The van der Waals surface area contributed by atoms with Gasteiger partial charge < -0.3 is 10.4 Å². The summed E-state index contributed by atoms with van der Waals surface area (Å²) < 4.78 is 36.1. The highest BCUT2D eigenvalue weighted by Crippen LogP contribution is 2.21. The molecule has 0 spiro atoms. The van der Waals surface area contributed by atoms with Gasteiger partial charge in [-0.3, -0.25) is 0 Å². The summed E-state index contributed by atoms with van der Waals surface area (Å²) in [5, 5.41) is 17.2. The summed E-state index contributed by atoms with van der Waals surface area (Å²) in [7, 11) is -3.78. The molecule has 0 radical (unpaired) electrons. The number of primary sulfonamides is 1. The van der Waals surface area contributed by atoms with Gasteiger partial charge in [0.15, 0.2) is 11.6 Å². The maximum absolute atomic E-state index is 13.2. The van der Waals surface area contributed by atoms with Gasteiger partial charge in [-0.15, -0.1) is 0 Å². The van der Waals surface area contributed by atoms with Crippen LogP contribution in [0.1, 0.15) is 11.1 Å². The van der Waals surface area contributed by atoms with Gasteiger partial charge in [0.05, 0.1) is 4.90 Å². The molecule has 0 saturated carbocycles. The summed E-state index contributed by atoms with van der Waals surface area (Å²) in [6.45, 7) is 1.93. The van der Waals surface area contributed by atoms with E-state index in [0.29, 0.717) is 16.8 Å². The van der Waals surface area contributed by atoms with Crippen LogP contribution in [0.5, 0.6) is 5.75 Å². The molecule has 21 heavy (non-hydrogen) atoms. The lowest BCUT2D eigenvalue weighted by Gasteiger charge is -2.10. The smallest absolute Gasteiger partial charge is 0.238 e. The third-order valence-electron chi connectivity index (χ3n) is 3.00. The lowest BCUT2D eigenvalue weighted by atomic mass is 10.2. The van der Waals surface area contributed by atoms with Gasteiger partial charge in [-0.05, 0) is 42.3 Å². The molecule has 2 aromatic carbocycles. The van der Waals surface area contributed by atoms with Crippen LogP contribution >= 0.6 is 0 Å². The van der Waals surface area contributed by atoms with Crippen molar-refractivity contribution in [2.45, 2.75) is 18.4 Å². The maximum Gasteiger partial charge on any atom is 0.238 e. The van der Waals surface area contributed by atoms with Crippen molar-refractivity contribution in [2.24, 2.45) is 5.14 Å². The zero-order valence-corrected chi connectivity index (χ0v) is 12.1. The van der Waals surface area contributed by atoms with E-state index < -0.39 is 21.6 Å². The first-order chi connectivity index (χ1) is 9.77. The molecule has 0 aromatic heterocycles. The number of hydrogen-bond acceptors (Lipinski definition) is 4. The zero-order chi connectivity index (χ0) is 15.6. The number of hydrogen-bond donors (Lipinski definition) is 3. The van der Waals surface area contributed by atoms with E-state index in [1.165, 1.54) is 18.2 Å². The first-order valence-electron chi connectivity index (χ1n) is 6.12. The van der Waals surface area contributed by atoms with Crippen molar-refractivity contribution in [1.29, 1.82) is 0 Å². The van der Waals surface area contributed by atoms with Gasteiger partial charge in [0.25, 0.3) is 0 Å². The molecule has 7 heteroatoms. The molecule has 2 rings (SSSR count). The van der Waals surface area contributed by atoms with Crippen LogP contribution in [0, 0.1) is 12.7 Å². The van der Waals surface area contributed by atoms with Gasteiger partial charge in [0.2, 0.25) is 10.0 Å². The molecular formula is C14H15FN2O3S. The Morgan fingerprint density at radius 1 is 1.24 bits per heavy atom. The summed E-state index contributed by atoms with van der Waals surface area (Å²) in [5.41, 5.74) is 1.72. The molecule has 0 aliphatic carbocycles. The van der Waals surface area contributed by atoms with Gasteiger partial charge >= 0.3 is 0 Å². The van der Waals surface area contributed by atoms with E-state index in [9.17, 15) is 12.8 Å². The largest absolute Gasteiger partial charge is 0.505 e. The lowest BCUT2D eigenvalue weighted by Crippen LogP contribution is -2.14. The van der Waals surface area contributed by atoms with Crippen molar-refractivity contribution >= 4 is 15.7 Å². The quantitative estimate of drug-likeness (QED) is 0.806. The van der Waals surface area contributed by atoms with E-state index in [0.717, 1.165) is 0 Å². The van der Waals surface area contributed by atoms with Gasteiger partial charge in [0, 0.05) is 12.2 Å². The highest BCUT2D eigenvalue weighted by Gasteiger charge is 2.12. The third-order valence-corrected chi connectivity index (χ3v) is 4.06. The van der Waals surface area contributed by atoms with E-state index >= 15 is 0 Å². The third kappa shape index (κ3) is 3.71. The van der Waals surface area contributed by atoms with Gasteiger partial charge in [0.1, 0.15) is 0 Å². The van der Waals surface area contributed by atoms with E-state index in [4.69, 9.17) is 10.2 Å². The Bertz CT molecular complexity index is 776. The van der Waals surface area contributed by atoms with E-state index in [-0.39, 0.29) is 11.4 Å². The number of phenols is 1. The van der Waals surface area contributed by atoms with Crippen molar-refractivity contribution in [3.8, 4) is 5.75 Å². The van der Waals surface area contributed by atoms with E-state index in [1.54, 1.807) is 25.1 Å². The lowest BCUT2D eigenvalue weighted by molar-refractivity contribution is 0.432. The van der Waals surface area contributed by atoms with Crippen LogP contribution in [0.4, 0.5) is 10.1 Å². The fraction of sp³-hybridized carbons (Fsp3) is 0.143. The molecule has 0 aliphatic rings. The second kappa shape index (κ2) is 5.71. The molecule has 0 fully saturated rings. The van der Waals surface area contributed by atoms with Crippen molar-refractivity contribution in [3.63, 3.8) is 0 Å². The molecule has 0 atom stereocenters. The predicted molar refractivity (Wildman–Crippen MR) is 77.9 cm³/mol. The first-order valence-corrected chi connectivity index (χ1v) is 7.67. The van der Waals surface area contributed by atoms with Crippen LogP contribution in [0.2, 0.25) is 0 Å². The molecule has 0 heterocycles. The number of aryl methyl sites for hydroxylation is 1. The minimum absolute atomic E-state index is 0.0457. The first kappa shape index (κ1) is 15.3. The van der Waals surface area contributed by atoms with Gasteiger partial charge in [-0.25, -0.2) is 17.9 Å². The second-order valence-electron chi connectivity index (χ2n) is 4.66. The number of nitrogens with one attached hydrogen (secondary N) is 1. The summed E-state index contributed by atoms with van der Waals surface area (Å²) >= 11 is 0. The van der Waals surface area contributed by atoms with Crippen LogP contribution in [0.3, 0.4) is 0 Å². The fourth-order valence-corrected chi connectivity index (χ4v) is 2.69. The zero-order valence-electron chi connectivity index (χ0n) is 11.3. The number of nitrogens with two attached hydrogens (primary N) is 1. The summed E-state index contributed by atoms with van der Waals surface area (Å²) in [6.07, 6.45) is 0. The number of sulfonamides is 1. The van der Waals surface area contributed by atoms with Crippen molar-refractivity contribution in [3.05, 3.63) is 53.3 Å². The van der Waals surface area contributed by atoms with Crippen LogP contribution < -0.4 is 10.5 Å². The number of rotatable bonds is 4. The number of phenolic OH excluding ortho intramolecular Hbond substituents is 1. The van der Waals surface area contributed by atoms with Crippen LogP contribution in [-0.4, -0.2) is 13.5 Å². The molecule has 4 N–H and O–H groups in total. The maximum atomic E-state index is 13.2. The average Bonchev–Trinajstić information content (AvgIpc) is 2.40. The monoisotopic (exact) mass is 310 g/mol. The highest BCUT2D eigenvalue weighted by atomic mass is 32.2. The number of halogens is 1. The molecule has 0 aliphatic heterocycles. The number of aromatic hydroxyl groups is 1. The Morgan fingerprint density at radius 3 is 2.57 bits per heavy atom. The Hall–Kier alpha value is -2.12. The summed E-state index contributed by atoms with van der Waals surface area (Å²) in [5.74, 6) is -1.12. The van der Waals surface area contributed by atoms with Crippen LogP contribution in [-0.2, 0) is 16.6 Å². The highest BCUT2D eigenvalue weighted by molar-refractivity contribution is 7.89. The van der Waals surface area contributed by atoms with Crippen molar-refractivity contribution in [1.82, 2.24) is 0 Å². The minimum Gasteiger partial charge on any atom is -0.505 e. The predicted octanol–water partition coefficient (Wildman–Crippen LogP) is 2.10. The Kier molecular flexibility index (Phi) is 4.15. The Morgan fingerprint density at radius 2 is 1.95 bits per heavy atom. The molecular weight excluding hydrogens is 295 g/mol. The Labute approximate surface area is 122 Å². The van der Waals surface area contributed by atoms with Crippen molar-refractivity contribution in [2.75, 3.05) is 5.32 Å². The normalized spacial score (nSPS) is 11.4. The minimum atomic E-state index is -3.78. The van der Waals surface area contributed by atoms with Gasteiger partial charge in [-0.1, -0.05) is 12.1 Å². The fourth-order valence-electron chi connectivity index (χ4n) is 1.88. The molecule has 2 aromatic rings. The molecule has 0 saturated heterocycles. The standard InChI is InChI=1S/C14H15FN2O3S/c1-9-2-4-11(7-14(9)21(16,19)20)17-8-10-3-5-13(18)12(15)6-10/h2-7,17-18H,8H2,1H3,(H2,16,19,20). The summed E-state index contributed by atoms with van der Waals surface area (Å²) in [4.78, 5) is 0.0457. The van der Waals surface area contributed by atoms with E-state index in [1.807, 2.05) is 0 Å². The topological polar surface area (TPSA) is 92.4 Å². The van der Waals surface area contributed by atoms with Crippen LogP contribution in [0.25, 0.3) is 0 Å². The molecule has 112 valence electrons. The average molecular weight is 310 g/mol. The van der Waals surface area contributed by atoms with E-state index in [2.05, 4.69) is 5.32 Å². The molecule has 5 nitrogen and oxygen atoms in total. The summed E-state index contributed by atoms with van der Waals surface area (Å²) in [6, 6.07) is 8.82. The van der Waals surface area contributed by atoms with Gasteiger partial charge in [-0.2, -0.15) is 0 Å². The molecule has 0 unspecified atom stereocenters.